The van der Waals surface area contributed by atoms with E-state index < -0.39 is 73.4 Å². The van der Waals surface area contributed by atoms with E-state index >= 15 is 0 Å². The summed E-state index contributed by atoms with van der Waals surface area (Å²) in [6.45, 7) is 2.03. The average molecular weight is 419 g/mol. The van der Waals surface area contributed by atoms with Crippen molar-refractivity contribution in [2.75, 3.05) is 13.2 Å². The van der Waals surface area contributed by atoms with Gasteiger partial charge in [0.2, 0.25) is 23.6 Å². The molecule has 0 rings (SSSR count). The first-order valence-corrected chi connectivity index (χ1v) is 8.82. The van der Waals surface area contributed by atoms with Crippen molar-refractivity contribution >= 4 is 29.6 Å². The zero-order valence-electron chi connectivity index (χ0n) is 16.3. The maximum absolute atomic E-state index is 12.5. The number of carboxylic acid groups (broad SMARTS) is 1. The van der Waals surface area contributed by atoms with E-state index in [-0.39, 0.29) is 12.3 Å². The van der Waals surface area contributed by atoms with E-state index in [1.165, 1.54) is 0 Å². The Hall–Kier alpha value is -2.77. The molecule has 0 aromatic heterocycles. The Morgan fingerprint density at radius 2 is 1.31 bits per heavy atom. The zero-order chi connectivity index (χ0) is 22.7. The maximum Gasteiger partial charge on any atom is 0.326 e. The van der Waals surface area contributed by atoms with E-state index in [2.05, 4.69) is 10.6 Å². The molecule has 29 heavy (non-hydrogen) atoms. The third kappa shape index (κ3) is 9.82. The summed E-state index contributed by atoms with van der Waals surface area (Å²) in [5.41, 5.74) is 10.3. The van der Waals surface area contributed by atoms with Crippen molar-refractivity contribution in [3.8, 4) is 0 Å². The van der Waals surface area contributed by atoms with Crippen molar-refractivity contribution in [3.05, 3.63) is 0 Å². The predicted octanol–water partition coefficient (Wildman–Crippen LogP) is -4.24. The number of hydrogen-bond acceptors (Lipinski definition) is 8. The Kier molecular flexibility index (Phi) is 11.4. The summed E-state index contributed by atoms with van der Waals surface area (Å²) in [6, 6.07) is -5.56. The minimum absolute atomic E-state index is 0.0511. The van der Waals surface area contributed by atoms with Gasteiger partial charge in [0.1, 0.15) is 24.2 Å². The molecule has 0 bridgehead atoms. The number of amides is 4. The molecule has 0 fully saturated rings. The summed E-state index contributed by atoms with van der Waals surface area (Å²) < 4.78 is 0. The summed E-state index contributed by atoms with van der Waals surface area (Å²) >= 11 is 0. The van der Waals surface area contributed by atoms with Crippen LogP contribution in [0, 0.1) is 5.92 Å². The van der Waals surface area contributed by atoms with Gasteiger partial charge in [-0.3, -0.25) is 19.2 Å². The molecule has 166 valence electrons. The van der Waals surface area contributed by atoms with Crippen LogP contribution in [-0.2, 0) is 24.0 Å². The highest BCUT2D eigenvalue weighted by Gasteiger charge is 2.30. The molecule has 0 heterocycles. The lowest BCUT2D eigenvalue weighted by Crippen LogP contribution is -2.58. The molecule has 10 N–H and O–H groups in total. The SMILES string of the molecule is CC(C)CC(NC(=O)C(N)CO)C(=O)NC(CO)C(=O)NC(CC(N)=O)C(=O)O. The van der Waals surface area contributed by atoms with Crippen molar-refractivity contribution in [3.63, 3.8) is 0 Å². The van der Waals surface area contributed by atoms with Gasteiger partial charge in [-0.25, -0.2) is 4.79 Å². The second-order valence-electron chi connectivity index (χ2n) is 6.79. The summed E-state index contributed by atoms with van der Waals surface area (Å²) in [4.78, 5) is 58.5. The van der Waals surface area contributed by atoms with Gasteiger partial charge in [0.25, 0.3) is 0 Å². The van der Waals surface area contributed by atoms with Crippen molar-refractivity contribution in [1.29, 1.82) is 0 Å². The number of aliphatic hydroxyl groups is 2. The van der Waals surface area contributed by atoms with Crippen molar-refractivity contribution in [2.45, 2.75) is 50.9 Å². The van der Waals surface area contributed by atoms with Crippen LogP contribution in [0.25, 0.3) is 0 Å². The highest BCUT2D eigenvalue weighted by atomic mass is 16.4. The van der Waals surface area contributed by atoms with Gasteiger partial charge < -0.3 is 42.7 Å². The Morgan fingerprint density at radius 3 is 1.72 bits per heavy atom. The second-order valence-corrected chi connectivity index (χ2v) is 6.79. The smallest absolute Gasteiger partial charge is 0.326 e. The molecule has 0 saturated carbocycles. The van der Waals surface area contributed by atoms with E-state index in [0.29, 0.717) is 0 Å². The lowest BCUT2D eigenvalue weighted by atomic mass is 10.0. The predicted molar refractivity (Wildman–Crippen MR) is 98.8 cm³/mol. The van der Waals surface area contributed by atoms with Crippen LogP contribution in [0.5, 0.6) is 0 Å². The van der Waals surface area contributed by atoms with Crippen LogP contribution < -0.4 is 27.4 Å². The third-order valence-electron chi connectivity index (χ3n) is 3.71. The Labute approximate surface area is 167 Å². The first-order chi connectivity index (χ1) is 13.4. The number of aliphatic hydroxyl groups excluding tert-OH is 2. The second kappa shape index (κ2) is 12.6. The molecule has 0 spiro atoms. The number of nitrogens with one attached hydrogen (secondary N) is 3. The Balaban J connectivity index is 5.21. The number of carboxylic acids is 1. The zero-order valence-corrected chi connectivity index (χ0v) is 16.3. The van der Waals surface area contributed by atoms with Crippen LogP contribution in [0.3, 0.4) is 0 Å². The van der Waals surface area contributed by atoms with Crippen LogP contribution in [0.2, 0.25) is 0 Å². The number of carbonyl (C=O) groups is 5. The molecule has 0 radical (unpaired) electrons. The first kappa shape index (κ1) is 26.2. The van der Waals surface area contributed by atoms with Crippen LogP contribution in [-0.4, -0.2) is 82.3 Å². The Bertz CT molecular complexity index is 612. The van der Waals surface area contributed by atoms with Gasteiger partial charge in [-0.2, -0.15) is 0 Å². The number of aliphatic carboxylic acids is 1. The molecule has 0 aromatic carbocycles. The number of carbonyl (C=O) groups excluding carboxylic acids is 4. The van der Waals surface area contributed by atoms with Gasteiger partial charge in [-0.05, 0) is 12.3 Å². The van der Waals surface area contributed by atoms with Gasteiger partial charge in [-0.1, -0.05) is 13.8 Å². The largest absolute Gasteiger partial charge is 0.480 e. The van der Waals surface area contributed by atoms with Crippen LogP contribution in [0.1, 0.15) is 26.7 Å². The van der Waals surface area contributed by atoms with Crippen LogP contribution in [0.15, 0.2) is 0 Å². The fourth-order valence-corrected chi connectivity index (χ4v) is 2.20. The van der Waals surface area contributed by atoms with E-state index in [0.717, 1.165) is 0 Å². The summed E-state index contributed by atoms with van der Waals surface area (Å²) in [5, 5.41) is 33.9. The Morgan fingerprint density at radius 1 is 0.828 bits per heavy atom. The van der Waals surface area contributed by atoms with Crippen molar-refractivity contribution < 1.29 is 39.3 Å². The van der Waals surface area contributed by atoms with Gasteiger partial charge in [0.05, 0.1) is 19.6 Å². The summed E-state index contributed by atoms with van der Waals surface area (Å²) in [6.07, 6.45) is -0.521. The molecule has 13 nitrogen and oxygen atoms in total. The number of nitrogens with two attached hydrogens (primary N) is 2. The fourth-order valence-electron chi connectivity index (χ4n) is 2.20. The minimum atomic E-state index is -1.64. The van der Waals surface area contributed by atoms with E-state index in [1.807, 2.05) is 5.32 Å². The lowest BCUT2D eigenvalue weighted by Gasteiger charge is -2.24. The summed E-state index contributed by atoms with van der Waals surface area (Å²) in [5.74, 6) is -5.22. The normalized spacial score (nSPS) is 15.0. The molecule has 0 saturated heterocycles. The van der Waals surface area contributed by atoms with Gasteiger partial charge in [0, 0.05) is 0 Å². The van der Waals surface area contributed by atoms with Crippen molar-refractivity contribution in [2.24, 2.45) is 17.4 Å². The highest BCUT2D eigenvalue weighted by Crippen LogP contribution is 2.06. The number of rotatable bonds is 13. The average Bonchev–Trinajstić information content (AvgIpc) is 2.62. The number of hydrogen-bond donors (Lipinski definition) is 8. The topological polar surface area (TPSA) is 234 Å². The molecular weight excluding hydrogens is 390 g/mol. The van der Waals surface area contributed by atoms with Gasteiger partial charge in [0.15, 0.2) is 0 Å². The third-order valence-corrected chi connectivity index (χ3v) is 3.71. The molecule has 4 atom stereocenters. The quantitative estimate of drug-likeness (QED) is 0.144. The van der Waals surface area contributed by atoms with Crippen LogP contribution >= 0.6 is 0 Å². The van der Waals surface area contributed by atoms with Crippen molar-refractivity contribution in [1.82, 2.24) is 16.0 Å². The van der Waals surface area contributed by atoms with Gasteiger partial charge >= 0.3 is 5.97 Å². The molecule has 0 aliphatic rings. The number of primary amides is 1. The fraction of sp³-hybridized carbons (Fsp3) is 0.688. The molecular formula is C16H29N5O8. The van der Waals surface area contributed by atoms with E-state index in [4.69, 9.17) is 21.7 Å². The van der Waals surface area contributed by atoms with Crippen LogP contribution in [0.4, 0.5) is 0 Å². The molecule has 0 aliphatic heterocycles. The van der Waals surface area contributed by atoms with Gasteiger partial charge in [-0.15, -0.1) is 0 Å². The van der Waals surface area contributed by atoms with E-state index in [9.17, 15) is 29.1 Å². The molecule has 0 aromatic rings. The first-order valence-electron chi connectivity index (χ1n) is 8.82. The lowest BCUT2D eigenvalue weighted by molar-refractivity contribution is -0.144. The summed E-state index contributed by atoms with van der Waals surface area (Å²) in [7, 11) is 0. The minimum Gasteiger partial charge on any atom is -0.480 e. The molecule has 0 aliphatic carbocycles. The molecule has 13 heteroatoms. The maximum atomic E-state index is 12.5. The van der Waals surface area contributed by atoms with E-state index in [1.54, 1.807) is 13.8 Å². The molecule has 4 amide bonds. The standard InChI is InChI=1S/C16H29N5O8/c1-7(2)3-9(19-13(25)8(17)5-22)14(26)21-11(6-23)15(27)20-10(16(28)29)4-12(18)24/h7-11,22-23H,3-6,17H2,1-2H3,(H2,18,24)(H,19,25)(H,20,27)(H,21,26)(H,28,29). The highest BCUT2D eigenvalue weighted by molar-refractivity contribution is 5.94. The monoisotopic (exact) mass is 419 g/mol. The molecule has 4 unspecified atom stereocenters.